The Morgan fingerprint density at radius 3 is 1.11 bits per heavy atom. The van der Waals surface area contributed by atoms with Crippen LogP contribution < -0.4 is 0 Å². The number of rotatable bonds is 2. The second kappa shape index (κ2) is 10.4. The van der Waals surface area contributed by atoms with Gasteiger partial charge in [0.25, 0.3) is 0 Å². The molecular formula is C52H26N4. The first kappa shape index (κ1) is 29.5. The van der Waals surface area contributed by atoms with Crippen LogP contribution in [0.3, 0.4) is 0 Å². The van der Waals surface area contributed by atoms with Crippen LogP contribution in [0.25, 0.3) is 121 Å². The number of benzene rings is 9. The van der Waals surface area contributed by atoms with Crippen molar-refractivity contribution >= 4 is 65.2 Å². The normalized spacial score (nSPS) is 12.2. The lowest BCUT2D eigenvalue weighted by molar-refractivity contribution is 1.08. The fraction of sp³-hybridized carbons (Fsp3) is 0. The van der Waals surface area contributed by atoms with Crippen molar-refractivity contribution in [2.45, 2.75) is 0 Å². The molecule has 9 aromatic carbocycles. The summed E-state index contributed by atoms with van der Waals surface area (Å²) in [6.45, 7) is 0. The third-order valence-corrected chi connectivity index (χ3v) is 12.4. The molecule has 0 radical (unpaired) electrons. The van der Waals surface area contributed by atoms with Crippen molar-refractivity contribution in [3.8, 4) is 68.0 Å². The van der Waals surface area contributed by atoms with Crippen LogP contribution in [0.2, 0.25) is 0 Å². The minimum Gasteiger partial charge on any atom is -0.305 e. The molecule has 0 bridgehead atoms. The Labute approximate surface area is 320 Å². The van der Waals surface area contributed by atoms with Crippen LogP contribution >= 0.6 is 0 Å². The van der Waals surface area contributed by atoms with E-state index in [1.165, 1.54) is 55.3 Å². The summed E-state index contributed by atoms with van der Waals surface area (Å²) in [5.74, 6) is 0. The molecule has 13 rings (SSSR count). The second-order valence-corrected chi connectivity index (χ2v) is 15.0. The minimum absolute atomic E-state index is 0.498. The average molecular weight is 707 g/mol. The van der Waals surface area contributed by atoms with Crippen molar-refractivity contribution < 1.29 is 0 Å². The quantitative estimate of drug-likeness (QED) is 0.180. The van der Waals surface area contributed by atoms with Crippen LogP contribution in [0.1, 0.15) is 11.1 Å². The number of nitrogens with zero attached hydrogens (tertiary/aromatic N) is 4. The number of hydrogen-bond donors (Lipinski definition) is 0. The molecule has 56 heavy (non-hydrogen) atoms. The molecule has 2 aromatic heterocycles. The monoisotopic (exact) mass is 706 g/mol. The number of para-hydroxylation sites is 2. The molecule has 0 spiro atoms. The van der Waals surface area contributed by atoms with Crippen molar-refractivity contribution in [2.24, 2.45) is 0 Å². The summed E-state index contributed by atoms with van der Waals surface area (Å²) in [6.07, 6.45) is 0. The van der Waals surface area contributed by atoms with Gasteiger partial charge in [0.1, 0.15) is 12.1 Å². The summed E-state index contributed by atoms with van der Waals surface area (Å²) < 4.78 is 4.56. The van der Waals surface area contributed by atoms with E-state index in [1.54, 1.807) is 0 Å². The minimum atomic E-state index is 0.498. The van der Waals surface area contributed by atoms with E-state index in [-0.39, 0.29) is 0 Å². The van der Waals surface area contributed by atoms with Gasteiger partial charge in [0.05, 0.1) is 44.6 Å². The molecule has 4 heteroatoms. The molecule has 254 valence electrons. The average Bonchev–Trinajstić information content (AvgIpc) is 3.98. The lowest BCUT2D eigenvalue weighted by Gasteiger charge is -2.20. The largest absolute Gasteiger partial charge is 0.305 e. The summed E-state index contributed by atoms with van der Waals surface area (Å²) in [4.78, 5) is 0. The second-order valence-electron chi connectivity index (χ2n) is 15.0. The van der Waals surface area contributed by atoms with Gasteiger partial charge in [-0.25, -0.2) is 0 Å². The van der Waals surface area contributed by atoms with Gasteiger partial charge in [-0.05, 0) is 91.7 Å². The summed E-state index contributed by atoms with van der Waals surface area (Å²) in [7, 11) is 0. The van der Waals surface area contributed by atoms with Crippen molar-refractivity contribution in [3.63, 3.8) is 0 Å². The van der Waals surface area contributed by atoms with Gasteiger partial charge in [0, 0.05) is 32.3 Å². The molecule has 0 fully saturated rings. The van der Waals surface area contributed by atoms with Crippen LogP contribution in [-0.4, -0.2) is 9.13 Å². The molecule has 0 amide bonds. The van der Waals surface area contributed by atoms with Gasteiger partial charge in [-0.2, -0.15) is 10.5 Å². The van der Waals surface area contributed by atoms with E-state index in [4.69, 9.17) is 0 Å². The Morgan fingerprint density at radius 2 is 0.679 bits per heavy atom. The molecule has 0 saturated heterocycles. The zero-order chi connectivity index (χ0) is 36.8. The topological polar surface area (TPSA) is 57.4 Å². The maximum Gasteiger partial charge on any atom is 0.101 e. The highest BCUT2D eigenvalue weighted by molar-refractivity contribution is 6.29. The van der Waals surface area contributed by atoms with Crippen molar-refractivity contribution in [1.29, 1.82) is 10.5 Å². The van der Waals surface area contributed by atoms with Crippen LogP contribution in [0.4, 0.5) is 0 Å². The van der Waals surface area contributed by atoms with Crippen molar-refractivity contribution in [2.75, 3.05) is 0 Å². The third-order valence-electron chi connectivity index (χ3n) is 12.4. The van der Waals surface area contributed by atoms with Gasteiger partial charge < -0.3 is 9.13 Å². The summed E-state index contributed by atoms with van der Waals surface area (Å²) in [5.41, 5.74) is 16.2. The lowest BCUT2D eigenvalue weighted by atomic mass is 9.98. The van der Waals surface area contributed by atoms with Crippen molar-refractivity contribution in [3.05, 3.63) is 169 Å². The van der Waals surface area contributed by atoms with Gasteiger partial charge in [-0.1, -0.05) is 121 Å². The SMILES string of the molecule is N#Cc1ccc(C#N)c(-n2c3ccccc3c3cc4c5c(cccc5c32)-c2ccccc2-4)c1-n1c2ccccc2c2cc3c4c(cccc4c21)-c1ccccc1-3. The van der Waals surface area contributed by atoms with E-state index >= 15 is 0 Å². The van der Waals surface area contributed by atoms with E-state index in [0.29, 0.717) is 22.5 Å². The first-order valence-corrected chi connectivity index (χ1v) is 18.9. The van der Waals surface area contributed by atoms with Crippen molar-refractivity contribution in [1.82, 2.24) is 9.13 Å². The number of hydrogen-bond acceptors (Lipinski definition) is 2. The van der Waals surface area contributed by atoms with E-state index < -0.39 is 0 Å². The Morgan fingerprint density at radius 1 is 0.321 bits per heavy atom. The molecule has 2 aliphatic carbocycles. The fourth-order valence-electron chi connectivity index (χ4n) is 10.3. The summed E-state index contributed by atoms with van der Waals surface area (Å²) >= 11 is 0. The molecule has 2 heterocycles. The Hall–Kier alpha value is -7.92. The zero-order valence-corrected chi connectivity index (χ0v) is 29.8. The van der Waals surface area contributed by atoms with Gasteiger partial charge >= 0.3 is 0 Å². The molecule has 0 atom stereocenters. The van der Waals surface area contributed by atoms with Gasteiger partial charge in [-0.3, -0.25) is 0 Å². The summed E-state index contributed by atoms with van der Waals surface area (Å²) in [6, 6.07) is 61.0. The molecule has 11 aromatic rings. The smallest absolute Gasteiger partial charge is 0.101 e. The molecule has 0 aliphatic heterocycles. The van der Waals surface area contributed by atoms with E-state index in [1.807, 2.05) is 12.1 Å². The van der Waals surface area contributed by atoms with E-state index in [0.717, 1.165) is 54.4 Å². The molecule has 2 aliphatic rings. The van der Waals surface area contributed by atoms with Crippen LogP contribution in [-0.2, 0) is 0 Å². The highest BCUT2D eigenvalue weighted by Crippen LogP contribution is 2.54. The Bertz CT molecular complexity index is 3480. The highest BCUT2D eigenvalue weighted by atomic mass is 15.1. The molecular weight excluding hydrogens is 681 g/mol. The maximum atomic E-state index is 11.1. The lowest BCUT2D eigenvalue weighted by Crippen LogP contribution is -2.09. The first-order chi connectivity index (χ1) is 27.7. The number of fused-ring (bicyclic) bond motifs is 14. The first-order valence-electron chi connectivity index (χ1n) is 18.9. The number of nitriles is 2. The summed E-state index contributed by atoms with van der Waals surface area (Å²) in [5, 5.41) is 31.3. The zero-order valence-electron chi connectivity index (χ0n) is 29.8. The Balaban J connectivity index is 1.26. The van der Waals surface area contributed by atoms with Gasteiger partial charge in [0.2, 0.25) is 0 Å². The third kappa shape index (κ3) is 3.44. The number of aromatic nitrogens is 2. The molecule has 0 N–H and O–H groups in total. The van der Waals surface area contributed by atoms with E-state index in [2.05, 4.69) is 167 Å². The van der Waals surface area contributed by atoms with Gasteiger partial charge in [0.15, 0.2) is 0 Å². The Kier molecular flexibility index (Phi) is 5.48. The van der Waals surface area contributed by atoms with E-state index in [9.17, 15) is 10.5 Å². The predicted octanol–water partition coefficient (Wildman–Crippen LogP) is 13.2. The van der Waals surface area contributed by atoms with Crippen LogP contribution in [0.5, 0.6) is 0 Å². The maximum absolute atomic E-state index is 11.1. The van der Waals surface area contributed by atoms with Crippen LogP contribution in [0.15, 0.2) is 158 Å². The molecule has 0 unspecified atom stereocenters. The van der Waals surface area contributed by atoms with Gasteiger partial charge in [-0.15, -0.1) is 0 Å². The highest BCUT2D eigenvalue weighted by Gasteiger charge is 2.31. The standard InChI is InChI=1S/C52H26N4/c53-27-29-23-24-30(28-54)50(56-46-22-8-6-16-36(46)44-26-42-34-14-4-2-12-32(34)38-18-10-20-40(48(38)42)52(44)56)49(29)55-45-21-7-5-15-35(45)43-25-41-33-13-3-1-11-31(33)37-17-9-19-39(47(37)41)51(43)55/h1-26H. The molecule has 4 nitrogen and oxygen atoms in total. The molecule has 0 saturated carbocycles. The fourth-order valence-corrected chi connectivity index (χ4v) is 10.3. The predicted molar refractivity (Wildman–Crippen MR) is 228 cm³/mol. The van der Waals surface area contributed by atoms with Crippen LogP contribution in [0, 0.1) is 22.7 Å².